The molecule has 1 aromatic heterocycles. The molecular weight excluding hydrogens is 366 g/mol. The summed E-state index contributed by atoms with van der Waals surface area (Å²) in [7, 11) is 0. The number of nitrogens with two attached hydrogens (primary N) is 1. The molecule has 1 unspecified atom stereocenters. The van der Waals surface area contributed by atoms with Gasteiger partial charge in [0.05, 0.1) is 18.0 Å². The van der Waals surface area contributed by atoms with Crippen molar-refractivity contribution in [3.63, 3.8) is 0 Å². The normalized spacial score (nSPS) is 17.9. The molecule has 0 bridgehead atoms. The van der Waals surface area contributed by atoms with Crippen LogP contribution in [0, 0.1) is 0 Å². The van der Waals surface area contributed by atoms with Crippen LogP contribution in [0.4, 0.5) is 5.82 Å². The lowest BCUT2D eigenvalue weighted by Gasteiger charge is -2.22. The Bertz CT molecular complexity index is 764. The van der Waals surface area contributed by atoms with E-state index in [-0.39, 0.29) is 11.7 Å². The number of benzene rings is 1. The first-order valence-corrected chi connectivity index (χ1v) is 9.74. The molecule has 0 saturated carbocycles. The average molecular weight is 394 g/mol. The summed E-state index contributed by atoms with van der Waals surface area (Å²) in [5.41, 5.74) is 7.76. The van der Waals surface area contributed by atoms with Crippen molar-refractivity contribution in [1.82, 2.24) is 9.78 Å². The van der Waals surface area contributed by atoms with E-state index in [9.17, 15) is 0 Å². The van der Waals surface area contributed by atoms with Gasteiger partial charge in [0.25, 0.3) is 0 Å². The van der Waals surface area contributed by atoms with Crippen molar-refractivity contribution >= 4 is 17.4 Å². The number of anilines is 1. The molecule has 3 rings (SSSR count). The second-order valence-corrected chi connectivity index (χ2v) is 8.21. The zero-order valence-electron chi connectivity index (χ0n) is 16.2. The number of nitrogen functional groups attached to an aromatic ring is 1. The molecule has 0 aliphatic carbocycles. The first-order chi connectivity index (χ1) is 12.8. The molecule has 148 valence electrons. The molecule has 7 heteroatoms. The number of hydrogen-bond donors (Lipinski definition) is 1. The number of nitrogens with zero attached hydrogens (tertiary/aromatic N) is 2. The second-order valence-electron chi connectivity index (χ2n) is 7.78. The number of aromatic nitrogens is 2. The van der Waals surface area contributed by atoms with Gasteiger partial charge in [0, 0.05) is 29.2 Å². The first kappa shape index (κ1) is 20.0. The van der Waals surface area contributed by atoms with Gasteiger partial charge in [-0.15, -0.1) is 0 Å². The molecule has 2 N–H and O–H groups in total. The SMILES string of the molecule is CC(C)(C)c1cc(N)n(-c2cc(Cl)cc(OCCOC3CCCCO3)c2)n1. The summed E-state index contributed by atoms with van der Waals surface area (Å²) in [6.07, 6.45) is 3.08. The summed E-state index contributed by atoms with van der Waals surface area (Å²) in [5.74, 6) is 1.21. The van der Waals surface area contributed by atoms with E-state index in [1.165, 1.54) is 0 Å². The highest BCUT2D eigenvalue weighted by atomic mass is 35.5. The van der Waals surface area contributed by atoms with Crippen LogP contribution in [0.2, 0.25) is 5.02 Å². The molecule has 1 aromatic carbocycles. The Balaban J connectivity index is 1.65. The van der Waals surface area contributed by atoms with Crippen LogP contribution in [0.25, 0.3) is 5.69 Å². The molecule has 0 spiro atoms. The van der Waals surface area contributed by atoms with Crippen molar-refractivity contribution < 1.29 is 14.2 Å². The van der Waals surface area contributed by atoms with Gasteiger partial charge in [0.1, 0.15) is 18.2 Å². The molecule has 1 atom stereocenters. The zero-order valence-corrected chi connectivity index (χ0v) is 17.0. The Kier molecular flexibility index (Phi) is 6.29. The van der Waals surface area contributed by atoms with E-state index in [4.69, 9.17) is 31.5 Å². The summed E-state index contributed by atoms with van der Waals surface area (Å²) >= 11 is 6.27. The Hall–Kier alpha value is -1.76. The van der Waals surface area contributed by atoms with E-state index in [1.54, 1.807) is 10.7 Å². The molecule has 27 heavy (non-hydrogen) atoms. The summed E-state index contributed by atoms with van der Waals surface area (Å²) in [5, 5.41) is 5.19. The molecule has 1 aliphatic heterocycles. The van der Waals surface area contributed by atoms with Gasteiger partial charge in [-0.3, -0.25) is 0 Å². The van der Waals surface area contributed by atoms with Gasteiger partial charge in [-0.05, 0) is 31.4 Å². The summed E-state index contributed by atoms with van der Waals surface area (Å²) in [6, 6.07) is 7.35. The van der Waals surface area contributed by atoms with Crippen molar-refractivity contribution in [2.45, 2.75) is 51.7 Å². The van der Waals surface area contributed by atoms with E-state index in [0.29, 0.717) is 29.8 Å². The van der Waals surface area contributed by atoms with Crippen LogP contribution in [0.5, 0.6) is 5.75 Å². The summed E-state index contributed by atoms with van der Waals surface area (Å²) < 4.78 is 18.7. The lowest BCUT2D eigenvalue weighted by molar-refractivity contribution is -0.165. The van der Waals surface area contributed by atoms with Gasteiger partial charge in [-0.25, -0.2) is 4.68 Å². The summed E-state index contributed by atoms with van der Waals surface area (Å²) in [6.45, 7) is 7.95. The smallest absolute Gasteiger partial charge is 0.157 e. The van der Waals surface area contributed by atoms with Crippen molar-refractivity contribution in [1.29, 1.82) is 0 Å². The van der Waals surface area contributed by atoms with Crippen molar-refractivity contribution in [3.05, 3.63) is 35.0 Å². The van der Waals surface area contributed by atoms with Gasteiger partial charge in [-0.1, -0.05) is 32.4 Å². The first-order valence-electron chi connectivity index (χ1n) is 9.36. The molecule has 0 radical (unpaired) electrons. The fraction of sp³-hybridized carbons (Fsp3) is 0.550. The Labute approximate surface area is 165 Å². The Morgan fingerprint density at radius 3 is 2.70 bits per heavy atom. The van der Waals surface area contributed by atoms with E-state index in [2.05, 4.69) is 25.9 Å². The van der Waals surface area contributed by atoms with Gasteiger partial charge >= 0.3 is 0 Å². The van der Waals surface area contributed by atoms with Crippen LogP contribution in [0.15, 0.2) is 24.3 Å². The van der Waals surface area contributed by atoms with Gasteiger partial charge in [-0.2, -0.15) is 5.10 Å². The number of hydrogen-bond acceptors (Lipinski definition) is 5. The van der Waals surface area contributed by atoms with Crippen LogP contribution >= 0.6 is 11.6 Å². The third kappa shape index (κ3) is 5.37. The molecule has 2 heterocycles. The fourth-order valence-corrected chi connectivity index (χ4v) is 3.12. The summed E-state index contributed by atoms with van der Waals surface area (Å²) in [4.78, 5) is 0. The van der Waals surface area contributed by atoms with Crippen molar-refractivity contribution in [2.24, 2.45) is 0 Å². The number of rotatable bonds is 6. The fourth-order valence-electron chi connectivity index (χ4n) is 2.90. The predicted molar refractivity (Wildman–Crippen MR) is 107 cm³/mol. The molecule has 1 aliphatic rings. The van der Waals surface area contributed by atoms with E-state index < -0.39 is 0 Å². The molecular formula is C20H28ClN3O3. The minimum absolute atomic E-state index is 0.0875. The van der Waals surface area contributed by atoms with Gasteiger partial charge in [0.2, 0.25) is 0 Å². The maximum absolute atomic E-state index is 6.27. The molecule has 2 aromatic rings. The van der Waals surface area contributed by atoms with E-state index in [1.807, 2.05) is 18.2 Å². The lowest BCUT2D eigenvalue weighted by atomic mass is 9.92. The highest BCUT2D eigenvalue weighted by Gasteiger charge is 2.20. The maximum atomic E-state index is 6.27. The second kappa shape index (κ2) is 8.50. The topological polar surface area (TPSA) is 71.5 Å². The van der Waals surface area contributed by atoms with Crippen LogP contribution in [0.3, 0.4) is 0 Å². The van der Waals surface area contributed by atoms with Crippen molar-refractivity contribution in [3.8, 4) is 11.4 Å². The van der Waals surface area contributed by atoms with Crippen LogP contribution in [0.1, 0.15) is 45.7 Å². The Morgan fingerprint density at radius 1 is 1.22 bits per heavy atom. The van der Waals surface area contributed by atoms with E-state index >= 15 is 0 Å². The average Bonchev–Trinajstić information content (AvgIpc) is 3.01. The predicted octanol–water partition coefficient (Wildman–Crippen LogP) is 4.33. The number of halogens is 1. The highest BCUT2D eigenvalue weighted by molar-refractivity contribution is 6.30. The maximum Gasteiger partial charge on any atom is 0.157 e. The third-order valence-electron chi connectivity index (χ3n) is 4.40. The van der Waals surface area contributed by atoms with E-state index in [0.717, 1.165) is 37.3 Å². The molecule has 0 amide bonds. The molecule has 6 nitrogen and oxygen atoms in total. The van der Waals surface area contributed by atoms with Gasteiger partial charge < -0.3 is 19.9 Å². The van der Waals surface area contributed by atoms with Gasteiger partial charge in [0.15, 0.2) is 6.29 Å². The van der Waals surface area contributed by atoms with Crippen LogP contribution in [-0.2, 0) is 14.9 Å². The Morgan fingerprint density at radius 2 is 2.04 bits per heavy atom. The lowest BCUT2D eigenvalue weighted by Crippen LogP contribution is -2.24. The monoisotopic (exact) mass is 393 g/mol. The van der Waals surface area contributed by atoms with Crippen LogP contribution in [-0.4, -0.2) is 35.9 Å². The largest absolute Gasteiger partial charge is 0.491 e. The zero-order chi connectivity index (χ0) is 19.4. The molecule has 1 fully saturated rings. The van der Waals surface area contributed by atoms with Crippen molar-refractivity contribution in [2.75, 3.05) is 25.6 Å². The minimum atomic E-state index is -0.114. The quantitative estimate of drug-likeness (QED) is 0.739. The number of ether oxygens (including phenoxy) is 3. The minimum Gasteiger partial charge on any atom is -0.491 e. The third-order valence-corrected chi connectivity index (χ3v) is 4.62. The standard InChI is InChI=1S/C20H28ClN3O3/c1-20(2,3)17-13-18(22)24(23-17)15-10-14(21)11-16(12-15)25-8-9-27-19-6-4-5-7-26-19/h10-13,19H,4-9,22H2,1-3H3. The highest BCUT2D eigenvalue weighted by Crippen LogP contribution is 2.28. The van der Waals surface area contributed by atoms with Crippen LogP contribution < -0.4 is 10.5 Å². The molecule has 1 saturated heterocycles.